The minimum absolute atomic E-state index is 0.101. The molecule has 1 heterocycles. The Hall–Kier alpha value is -1.60. The largest absolute Gasteiger partial charge is 0.417 e. The molecule has 0 bridgehead atoms. The third kappa shape index (κ3) is 1.75. The zero-order valence-electron chi connectivity index (χ0n) is 9.71. The summed E-state index contributed by atoms with van der Waals surface area (Å²) < 4.78 is 30.8. The van der Waals surface area contributed by atoms with Crippen LogP contribution in [-0.4, -0.2) is 30.8 Å². The molecular formula is C11H12N2O4S. The Kier molecular flexibility index (Phi) is 2.36. The van der Waals surface area contributed by atoms with Crippen molar-refractivity contribution in [3.63, 3.8) is 0 Å². The van der Waals surface area contributed by atoms with Gasteiger partial charge in [0.05, 0.1) is 10.4 Å². The lowest BCUT2D eigenvalue weighted by Crippen LogP contribution is -2.28. The molecule has 3 rings (SSSR count). The first-order chi connectivity index (χ1) is 8.48. The number of fused-ring (bicyclic) bond motifs is 1. The van der Waals surface area contributed by atoms with Gasteiger partial charge in [-0.1, -0.05) is 0 Å². The van der Waals surface area contributed by atoms with E-state index in [1.807, 2.05) is 0 Å². The van der Waals surface area contributed by atoms with Crippen LogP contribution in [0.1, 0.15) is 12.8 Å². The van der Waals surface area contributed by atoms with Crippen LogP contribution >= 0.6 is 0 Å². The Morgan fingerprint density at radius 2 is 2.11 bits per heavy atom. The summed E-state index contributed by atoms with van der Waals surface area (Å²) in [6, 6.07) is 4.49. The summed E-state index contributed by atoms with van der Waals surface area (Å²) in [6.07, 6.45) is 1.80. The van der Waals surface area contributed by atoms with Crippen molar-refractivity contribution < 1.29 is 12.8 Å². The van der Waals surface area contributed by atoms with Crippen molar-refractivity contribution in [2.75, 3.05) is 7.05 Å². The Morgan fingerprint density at radius 3 is 2.78 bits per heavy atom. The van der Waals surface area contributed by atoms with E-state index in [1.165, 1.54) is 22.5 Å². The Bertz CT molecular complexity index is 755. The number of rotatable bonds is 3. The topological polar surface area (TPSA) is 83.4 Å². The molecule has 0 aliphatic heterocycles. The number of sulfonamides is 1. The quantitative estimate of drug-likeness (QED) is 0.896. The number of aromatic nitrogens is 1. The normalized spacial score (nSPS) is 16.6. The van der Waals surface area contributed by atoms with Gasteiger partial charge >= 0.3 is 5.76 Å². The molecule has 0 radical (unpaired) electrons. The van der Waals surface area contributed by atoms with Gasteiger partial charge in [0.25, 0.3) is 0 Å². The van der Waals surface area contributed by atoms with Gasteiger partial charge in [0, 0.05) is 19.2 Å². The highest BCUT2D eigenvalue weighted by molar-refractivity contribution is 7.89. The average molecular weight is 268 g/mol. The number of aromatic amines is 1. The third-order valence-electron chi connectivity index (χ3n) is 3.13. The van der Waals surface area contributed by atoms with E-state index in [4.69, 9.17) is 4.42 Å². The van der Waals surface area contributed by atoms with Crippen LogP contribution in [-0.2, 0) is 10.0 Å². The Labute approximate surface area is 103 Å². The maximum absolute atomic E-state index is 12.3. The van der Waals surface area contributed by atoms with E-state index >= 15 is 0 Å². The molecular weight excluding hydrogens is 256 g/mol. The van der Waals surface area contributed by atoms with Crippen LogP contribution in [0.2, 0.25) is 0 Å². The van der Waals surface area contributed by atoms with E-state index in [1.54, 1.807) is 7.05 Å². The summed E-state index contributed by atoms with van der Waals surface area (Å²) in [7, 11) is -1.93. The molecule has 1 fully saturated rings. The monoisotopic (exact) mass is 268 g/mol. The van der Waals surface area contributed by atoms with E-state index in [9.17, 15) is 13.2 Å². The van der Waals surface area contributed by atoms with Crippen LogP contribution in [0, 0.1) is 0 Å². The van der Waals surface area contributed by atoms with Gasteiger partial charge in [-0.2, -0.15) is 4.31 Å². The van der Waals surface area contributed by atoms with Gasteiger partial charge in [-0.15, -0.1) is 0 Å². The molecule has 1 aliphatic carbocycles. The fraction of sp³-hybridized carbons (Fsp3) is 0.364. The highest BCUT2D eigenvalue weighted by atomic mass is 32.2. The zero-order valence-corrected chi connectivity index (χ0v) is 10.5. The molecule has 0 unspecified atom stereocenters. The van der Waals surface area contributed by atoms with E-state index in [2.05, 4.69) is 4.98 Å². The smallest absolute Gasteiger partial charge is 0.408 e. The van der Waals surface area contributed by atoms with Crippen molar-refractivity contribution in [1.82, 2.24) is 9.29 Å². The van der Waals surface area contributed by atoms with Crippen LogP contribution in [0.4, 0.5) is 0 Å². The van der Waals surface area contributed by atoms with Crippen molar-refractivity contribution >= 4 is 21.1 Å². The standard InChI is InChI=1S/C11H12N2O4S/c1-13(7-2-3-7)18(15,16)8-4-5-9-10(6-8)17-11(14)12-9/h4-7H,2-3H2,1H3,(H,12,14). The van der Waals surface area contributed by atoms with E-state index < -0.39 is 15.8 Å². The molecule has 96 valence electrons. The lowest BCUT2D eigenvalue weighted by atomic mass is 10.3. The maximum Gasteiger partial charge on any atom is 0.417 e. The Balaban J connectivity index is 2.10. The van der Waals surface area contributed by atoms with Gasteiger partial charge < -0.3 is 4.42 Å². The predicted molar refractivity (Wildman–Crippen MR) is 64.8 cm³/mol. The second-order valence-corrected chi connectivity index (χ2v) is 6.42. The lowest BCUT2D eigenvalue weighted by Gasteiger charge is -2.15. The molecule has 7 heteroatoms. The van der Waals surface area contributed by atoms with Gasteiger partial charge in [-0.3, -0.25) is 4.98 Å². The molecule has 1 saturated carbocycles. The SMILES string of the molecule is CN(C1CC1)S(=O)(=O)c1ccc2[nH]c(=O)oc2c1. The van der Waals surface area contributed by atoms with E-state index in [0.717, 1.165) is 12.8 Å². The predicted octanol–water partition coefficient (Wildman–Crippen LogP) is 0.904. The molecule has 1 N–H and O–H groups in total. The molecule has 1 aromatic heterocycles. The fourth-order valence-corrected chi connectivity index (χ4v) is 3.32. The molecule has 0 saturated heterocycles. The first-order valence-corrected chi connectivity index (χ1v) is 7.03. The maximum atomic E-state index is 12.3. The number of H-pyrrole nitrogens is 1. The molecule has 0 atom stereocenters. The van der Waals surface area contributed by atoms with Gasteiger partial charge in [0.1, 0.15) is 0 Å². The summed E-state index contributed by atoms with van der Waals surface area (Å²) in [5, 5.41) is 0. The van der Waals surface area contributed by atoms with Crippen LogP contribution in [0.5, 0.6) is 0 Å². The molecule has 1 aliphatic rings. The number of hydrogen-bond acceptors (Lipinski definition) is 4. The zero-order chi connectivity index (χ0) is 12.9. The lowest BCUT2D eigenvalue weighted by molar-refractivity contribution is 0.464. The van der Waals surface area contributed by atoms with E-state index in [0.29, 0.717) is 5.52 Å². The minimum Gasteiger partial charge on any atom is -0.408 e. The van der Waals surface area contributed by atoms with Gasteiger partial charge in [0.15, 0.2) is 5.58 Å². The van der Waals surface area contributed by atoms with E-state index in [-0.39, 0.29) is 16.5 Å². The van der Waals surface area contributed by atoms with Crippen molar-refractivity contribution in [2.45, 2.75) is 23.8 Å². The highest BCUT2D eigenvalue weighted by Crippen LogP contribution is 2.30. The van der Waals surface area contributed by atoms with Crippen molar-refractivity contribution in [2.24, 2.45) is 0 Å². The number of hydrogen-bond donors (Lipinski definition) is 1. The fourth-order valence-electron chi connectivity index (χ4n) is 1.89. The summed E-state index contributed by atoms with van der Waals surface area (Å²) in [4.78, 5) is 13.6. The number of nitrogens with zero attached hydrogens (tertiary/aromatic N) is 1. The average Bonchev–Trinajstić information content (AvgIpc) is 3.08. The van der Waals surface area contributed by atoms with Crippen LogP contribution in [0.25, 0.3) is 11.1 Å². The Morgan fingerprint density at radius 1 is 1.39 bits per heavy atom. The van der Waals surface area contributed by atoms with Crippen LogP contribution < -0.4 is 5.76 Å². The number of oxazole rings is 1. The van der Waals surface area contributed by atoms with Gasteiger partial charge in [-0.25, -0.2) is 13.2 Å². The summed E-state index contributed by atoms with van der Waals surface area (Å²) in [5.74, 6) is -0.588. The number of nitrogens with one attached hydrogen (secondary N) is 1. The second kappa shape index (κ2) is 3.69. The third-order valence-corrected chi connectivity index (χ3v) is 5.04. The summed E-state index contributed by atoms with van der Waals surface area (Å²) in [5.41, 5.74) is 0.748. The number of benzene rings is 1. The minimum atomic E-state index is -3.50. The summed E-state index contributed by atoms with van der Waals surface area (Å²) >= 11 is 0. The first kappa shape index (κ1) is 11.5. The van der Waals surface area contributed by atoms with Gasteiger partial charge in [0.2, 0.25) is 10.0 Å². The first-order valence-electron chi connectivity index (χ1n) is 5.59. The molecule has 1 aromatic carbocycles. The van der Waals surface area contributed by atoms with Gasteiger partial charge in [-0.05, 0) is 25.0 Å². The van der Waals surface area contributed by atoms with Crippen molar-refractivity contribution in [3.8, 4) is 0 Å². The van der Waals surface area contributed by atoms with Crippen LogP contribution in [0.15, 0.2) is 32.3 Å². The second-order valence-electron chi connectivity index (χ2n) is 4.42. The highest BCUT2D eigenvalue weighted by Gasteiger charge is 2.35. The van der Waals surface area contributed by atoms with Crippen molar-refractivity contribution in [3.05, 3.63) is 28.7 Å². The molecule has 0 amide bonds. The molecule has 18 heavy (non-hydrogen) atoms. The van der Waals surface area contributed by atoms with Crippen molar-refractivity contribution in [1.29, 1.82) is 0 Å². The molecule has 0 spiro atoms. The van der Waals surface area contributed by atoms with Crippen LogP contribution in [0.3, 0.4) is 0 Å². The molecule has 6 nitrogen and oxygen atoms in total. The molecule has 2 aromatic rings. The summed E-state index contributed by atoms with van der Waals surface area (Å²) in [6.45, 7) is 0.